The second-order valence-corrected chi connectivity index (χ2v) is 2.82. The van der Waals surface area contributed by atoms with Crippen molar-refractivity contribution in [2.45, 2.75) is 13.3 Å². The van der Waals surface area contributed by atoms with Crippen LogP contribution >= 0.6 is 0 Å². The van der Waals surface area contributed by atoms with E-state index in [1.54, 1.807) is 7.11 Å². The molecule has 0 aliphatic rings. The Bertz CT molecular complexity index is 420. The number of hydrogen-bond donors (Lipinski definition) is 0. The van der Waals surface area contributed by atoms with E-state index in [4.69, 9.17) is 9.26 Å². The van der Waals surface area contributed by atoms with E-state index in [1.807, 2.05) is 18.2 Å². The largest absolute Gasteiger partial charge is 0.493 e. The molecule has 0 atom stereocenters. The van der Waals surface area contributed by atoms with Crippen molar-refractivity contribution in [2.24, 2.45) is 0 Å². The van der Waals surface area contributed by atoms with Gasteiger partial charge in [-0.1, -0.05) is 18.1 Å². The minimum Gasteiger partial charge on any atom is -0.493 e. The smallest absolute Gasteiger partial charge is 0.208 e. The van der Waals surface area contributed by atoms with Crippen LogP contribution in [0.3, 0.4) is 0 Å². The standard InChI is InChI=1S/C10H11NO2/c1-3-8-7-5-4-6-9(12-2)10(7)13-11-8/h4-6H,3H2,1-2H3. The number of methoxy groups -OCH3 is 1. The molecule has 2 aromatic rings. The van der Waals surface area contributed by atoms with Gasteiger partial charge in [-0.05, 0) is 18.6 Å². The summed E-state index contributed by atoms with van der Waals surface area (Å²) in [6.07, 6.45) is 0.875. The van der Waals surface area contributed by atoms with E-state index in [0.29, 0.717) is 0 Å². The summed E-state index contributed by atoms with van der Waals surface area (Å²) in [4.78, 5) is 0. The molecule has 0 radical (unpaired) electrons. The highest BCUT2D eigenvalue weighted by atomic mass is 16.5. The van der Waals surface area contributed by atoms with Crippen LogP contribution in [0.1, 0.15) is 12.6 Å². The maximum Gasteiger partial charge on any atom is 0.208 e. The molecule has 0 aliphatic carbocycles. The zero-order valence-corrected chi connectivity index (χ0v) is 7.70. The van der Waals surface area contributed by atoms with Crippen molar-refractivity contribution in [3.63, 3.8) is 0 Å². The number of hydrogen-bond acceptors (Lipinski definition) is 3. The van der Waals surface area contributed by atoms with Crippen LogP contribution in [0.5, 0.6) is 5.75 Å². The summed E-state index contributed by atoms with van der Waals surface area (Å²) >= 11 is 0. The van der Waals surface area contributed by atoms with Crippen LogP contribution in [0, 0.1) is 0 Å². The Morgan fingerprint density at radius 1 is 1.46 bits per heavy atom. The van der Waals surface area contributed by atoms with Crippen molar-refractivity contribution in [2.75, 3.05) is 7.11 Å². The molecule has 3 nitrogen and oxygen atoms in total. The van der Waals surface area contributed by atoms with Crippen LogP contribution in [0.2, 0.25) is 0 Å². The molecule has 0 unspecified atom stereocenters. The summed E-state index contributed by atoms with van der Waals surface area (Å²) in [6, 6.07) is 5.80. The van der Waals surface area contributed by atoms with Crippen LogP contribution in [0.4, 0.5) is 0 Å². The molecule has 0 aliphatic heterocycles. The lowest BCUT2D eigenvalue weighted by molar-refractivity contribution is 0.391. The summed E-state index contributed by atoms with van der Waals surface area (Å²) in [5, 5.41) is 5.01. The number of benzene rings is 1. The fourth-order valence-electron chi connectivity index (χ4n) is 1.40. The molecule has 0 saturated heterocycles. The number of fused-ring (bicyclic) bond motifs is 1. The Morgan fingerprint density at radius 2 is 2.31 bits per heavy atom. The fourth-order valence-corrected chi connectivity index (χ4v) is 1.40. The summed E-state index contributed by atoms with van der Waals surface area (Å²) in [6.45, 7) is 2.05. The van der Waals surface area contributed by atoms with Crippen LogP contribution in [0.15, 0.2) is 22.7 Å². The normalized spacial score (nSPS) is 10.6. The number of nitrogens with zero attached hydrogens (tertiary/aromatic N) is 1. The highest BCUT2D eigenvalue weighted by Gasteiger charge is 2.09. The first-order valence-corrected chi connectivity index (χ1v) is 4.28. The molecule has 0 saturated carbocycles. The number of ether oxygens (including phenoxy) is 1. The lowest BCUT2D eigenvalue weighted by Gasteiger charge is -1.97. The molecule has 2 rings (SSSR count). The molecule has 1 aromatic heterocycles. The highest BCUT2D eigenvalue weighted by Crippen LogP contribution is 2.27. The van der Waals surface area contributed by atoms with Crippen LogP contribution in [-0.2, 0) is 6.42 Å². The molecule has 0 amide bonds. The maximum atomic E-state index is 5.19. The summed E-state index contributed by atoms with van der Waals surface area (Å²) in [5.74, 6) is 0.740. The molecule has 1 aromatic carbocycles. The van der Waals surface area contributed by atoms with Gasteiger partial charge in [0.05, 0.1) is 12.8 Å². The molecule has 13 heavy (non-hydrogen) atoms. The van der Waals surface area contributed by atoms with E-state index in [1.165, 1.54) is 0 Å². The van der Waals surface area contributed by atoms with Crippen LogP contribution in [0.25, 0.3) is 11.0 Å². The Hall–Kier alpha value is -1.51. The third-order valence-corrected chi connectivity index (χ3v) is 2.09. The lowest BCUT2D eigenvalue weighted by Crippen LogP contribution is -1.83. The highest BCUT2D eigenvalue weighted by molar-refractivity contribution is 5.84. The van der Waals surface area contributed by atoms with Gasteiger partial charge < -0.3 is 9.26 Å². The number of rotatable bonds is 2. The molecular weight excluding hydrogens is 166 g/mol. The first-order valence-electron chi connectivity index (χ1n) is 4.28. The van der Waals surface area contributed by atoms with Gasteiger partial charge in [-0.2, -0.15) is 0 Å². The van der Waals surface area contributed by atoms with E-state index in [-0.39, 0.29) is 0 Å². The Labute approximate surface area is 76.3 Å². The van der Waals surface area contributed by atoms with Gasteiger partial charge in [0.15, 0.2) is 5.75 Å². The number of aryl methyl sites for hydroxylation is 1. The monoisotopic (exact) mass is 177 g/mol. The number of aromatic nitrogens is 1. The molecule has 0 N–H and O–H groups in total. The molecule has 0 fully saturated rings. The van der Waals surface area contributed by atoms with Crippen LogP contribution in [-0.4, -0.2) is 12.3 Å². The molecule has 0 spiro atoms. The Balaban J connectivity index is 2.72. The zero-order chi connectivity index (χ0) is 9.26. The van der Waals surface area contributed by atoms with E-state index in [2.05, 4.69) is 12.1 Å². The van der Waals surface area contributed by atoms with E-state index in [9.17, 15) is 0 Å². The first-order chi connectivity index (χ1) is 6.36. The third-order valence-electron chi connectivity index (χ3n) is 2.09. The van der Waals surface area contributed by atoms with Gasteiger partial charge >= 0.3 is 0 Å². The van der Waals surface area contributed by atoms with Gasteiger partial charge in [0.25, 0.3) is 0 Å². The van der Waals surface area contributed by atoms with Gasteiger partial charge in [0.2, 0.25) is 5.58 Å². The fraction of sp³-hybridized carbons (Fsp3) is 0.300. The maximum absolute atomic E-state index is 5.19. The van der Waals surface area contributed by atoms with Crippen molar-refractivity contribution in [3.05, 3.63) is 23.9 Å². The molecule has 1 heterocycles. The predicted octanol–water partition coefficient (Wildman–Crippen LogP) is 2.40. The average molecular weight is 177 g/mol. The third kappa shape index (κ3) is 1.16. The van der Waals surface area contributed by atoms with E-state index < -0.39 is 0 Å². The van der Waals surface area contributed by atoms with Gasteiger partial charge in [0.1, 0.15) is 0 Å². The SMILES string of the molecule is CCc1noc2c(OC)cccc12. The predicted molar refractivity (Wildman–Crippen MR) is 49.9 cm³/mol. The van der Waals surface area contributed by atoms with E-state index >= 15 is 0 Å². The van der Waals surface area contributed by atoms with Gasteiger partial charge in [-0.3, -0.25) is 0 Å². The van der Waals surface area contributed by atoms with Gasteiger partial charge in [-0.25, -0.2) is 0 Å². The van der Waals surface area contributed by atoms with Crippen LogP contribution < -0.4 is 4.74 Å². The molecule has 68 valence electrons. The van der Waals surface area contributed by atoms with E-state index in [0.717, 1.165) is 28.8 Å². The van der Waals surface area contributed by atoms with Crippen molar-refractivity contribution < 1.29 is 9.26 Å². The quantitative estimate of drug-likeness (QED) is 0.706. The Morgan fingerprint density at radius 3 is 3.00 bits per heavy atom. The van der Waals surface area contributed by atoms with Crippen molar-refractivity contribution >= 4 is 11.0 Å². The van der Waals surface area contributed by atoms with Crippen molar-refractivity contribution in [3.8, 4) is 5.75 Å². The molecule has 3 heteroatoms. The van der Waals surface area contributed by atoms with Gasteiger partial charge in [-0.15, -0.1) is 0 Å². The second-order valence-electron chi connectivity index (χ2n) is 2.82. The summed E-state index contributed by atoms with van der Waals surface area (Å²) in [7, 11) is 1.63. The first kappa shape index (κ1) is 8.10. The zero-order valence-electron chi connectivity index (χ0n) is 7.70. The molecule has 0 bridgehead atoms. The lowest BCUT2D eigenvalue weighted by atomic mass is 10.2. The number of para-hydroxylation sites is 1. The van der Waals surface area contributed by atoms with Crippen molar-refractivity contribution in [1.29, 1.82) is 0 Å². The minimum absolute atomic E-state index is 0.738. The second kappa shape index (κ2) is 3.09. The topological polar surface area (TPSA) is 35.3 Å². The van der Waals surface area contributed by atoms with Crippen molar-refractivity contribution in [1.82, 2.24) is 5.16 Å². The Kier molecular flexibility index (Phi) is 1.93. The minimum atomic E-state index is 0.738. The summed E-state index contributed by atoms with van der Waals surface area (Å²) < 4.78 is 10.3. The van der Waals surface area contributed by atoms with Gasteiger partial charge in [0, 0.05) is 5.39 Å². The average Bonchev–Trinajstić information content (AvgIpc) is 2.60. The molecular formula is C10H11NO2. The summed E-state index contributed by atoms with van der Waals surface area (Å²) in [5.41, 5.74) is 1.72.